The minimum atomic E-state index is -4.75. The molecule has 0 radical (unpaired) electrons. The number of nitrogens with one attached hydrogen (secondary N) is 1. The molecule has 2 rings (SSSR count). The molecule has 2 heterocycles. The summed E-state index contributed by atoms with van der Waals surface area (Å²) in [5.41, 5.74) is 0. The first-order valence-electron chi connectivity index (χ1n) is 5.92. The Labute approximate surface area is 123 Å². The predicted molar refractivity (Wildman–Crippen MR) is 67.8 cm³/mol. The van der Waals surface area contributed by atoms with Crippen LogP contribution >= 0.6 is 7.82 Å². The molecular weight excluding hydrogens is 325 g/mol. The fraction of sp³-hybridized carbons (Fsp3) is 0.556. The molecule has 1 aromatic heterocycles. The van der Waals surface area contributed by atoms with E-state index >= 15 is 0 Å². The number of nitrogens with zero attached hydrogens (tertiary/aromatic N) is 2. The molecule has 0 aliphatic carbocycles. The number of ether oxygens (including phenoxy) is 1. The minimum Gasteiger partial charge on any atom is -0.465 e. The third-order valence-corrected chi connectivity index (χ3v) is 3.40. The van der Waals surface area contributed by atoms with Crippen molar-refractivity contribution < 1.29 is 43.7 Å². The van der Waals surface area contributed by atoms with Gasteiger partial charge in [-0.2, -0.15) is 0 Å². The Morgan fingerprint density at radius 2 is 2.14 bits per heavy atom. The summed E-state index contributed by atoms with van der Waals surface area (Å²) >= 11 is 0. The average molecular weight is 339 g/mol. The van der Waals surface area contributed by atoms with Gasteiger partial charge in [-0.15, -0.1) is 0 Å². The van der Waals surface area contributed by atoms with E-state index in [9.17, 15) is 19.6 Å². The quantitative estimate of drug-likeness (QED) is 0.352. The van der Waals surface area contributed by atoms with Crippen LogP contribution in [-0.4, -0.2) is 65.7 Å². The fourth-order valence-electron chi connectivity index (χ4n) is 1.98. The van der Waals surface area contributed by atoms with Gasteiger partial charge in [0.2, 0.25) is 0 Å². The van der Waals surface area contributed by atoms with E-state index in [1.165, 1.54) is 0 Å². The van der Waals surface area contributed by atoms with E-state index in [1.54, 1.807) is 0 Å². The van der Waals surface area contributed by atoms with Gasteiger partial charge < -0.3 is 29.8 Å². The maximum atomic E-state index is 10.6. The predicted octanol–water partition coefficient (Wildman–Crippen LogP) is -1.30. The van der Waals surface area contributed by atoms with Crippen molar-refractivity contribution >= 4 is 19.7 Å². The molecule has 1 amide bonds. The van der Waals surface area contributed by atoms with Gasteiger partial charge in [-0.25, -0.2) is 14.3 Å². The molecule has 124 valence electrons. The first-order chi connectivity index (χ1) is 10.2. The number of hydrogen-bond donors (Lipinski definition) is 6. The zero-order chi connectivity index (χ0) is 16.5. The fourth-order valence-corrected chi connectivity index (χ4v) is 2.32. The highest BCUT2D eigenvalue weighted by Gasteiger charge is 2.45. The highest BCUT2D eigenvalue weighted by molar-refractivity contribution is 7.46. The van der Waals surface area contributed by atoms with Crippen LogP contribution < -0.4 is 5.32 Å². The van der Waals surface area contributed by atoms with Gasteiger partial charge in [-0.1, -0.05) is 0 Å². The van der Waals surface area contributed by atoms with Crippen LogP contribution in [0.3, 0.4) is 0 Å². The number of phosphoric ester groups is 1. The molecule has 1 aromatic rings. The smallest absolute Gasteiger partial charge is 0.465 e. The van der Waals surface area contributed by atoms with Crippen molar-refractivity contribution in [3.63, 3.8) is 0 Å². The summed E-state index contributed by atoms with van der Waals surface area (Å²) in [5.74, 6) is -0.0136. The van der Waals surface area contributed by atoms with E-state index in [1.807, 2.05) is 5.32 Å². The van der Waals surface area contributed by atoms with E-state index < -0.39 is 45.1 Å². The molecule has 1 aliphatic rings. The summed E-state index contributed by atoms with van der Waals surface area (Å²) in [6, 6.07) is 0. The van der Waals surface area contributed by atoms with Crippen LogP contribution in [0.4, 0.5) is 10.6 Å². The molecular formula is C9H14N3O9P. The number of anilines is 1. The monoisotopic (exact) mass is 339 g/mol. The Morgan fingerprint density at radius 3 is 2.73 bits per heavy atom. The largest absolute Gasteiger partial charge is 0.469 e. The lowest BCUT2D eigenvalue weighted by Gasteiger charge is -2.18. The topological polar surface area (TPSA) is 184 Å². The second kappa shape index (κ2) is 6.30. The molecule has 12 nitrogen and oxygen atoms in total. The number of aliphatic hydroxyl groups is 2. The first-order valence-corrected chi connectivity index (χ1v) is 7.45. The number of phosphoric acid groups is 1. The van der Waals surface area contributed by atoms with Crippen LogP contribution in [0, 0.1) is 0 Å². The van der Waals surface area contributed by atoms with Crippen molar-refractivity contribution in [2.45, 2.75) is 24.5 Å². The lowest BCUT2D eigenvalue weighted by molar-refractivity contribution is -0.0511. The molecule has 0 saturated carbocycles. The lowest BCUT2D eigenvalue weighted by Crippen LogP contribution is -2.33. The third kappa shape index (κ3) is 3.81. The second-order valence-electron chi connectivity index (χ2n) is 4.45. The zero-order valence-electron chi connectivity index (χ0n) is 10.9. The molecule has 1 saturated heterocycles. The lowest BCUT2D eigenvalue weighted by atomic mass is 10.1. The van der Waals surface area contributed by atoms with Gasteiger partial charge in [0.1, 0.15) is 24.1 Å². The maximum Gasteiger partial charge on any atom is 0.469 e. The highest BCUT2D eigenvalue weighted by Crippen LogP contribution is 2.38. The number of aliphatic hydroxyl groups excluding tert-OH is 2. The number of carbonyl (C=O) groups is 1. The Hall–Kier alpha value is -1.53. The Kier molecular flexibility index (Phi) is 4.82. The number of hydrogen-bond acceptors (Lipinski definition) is 7. The third-order valence-electron chi connectivity index (χ3n) is 2.92. The van der Waals surface area contributed by atoms with E-state index in [2.05, 4.69) is 9.51 Å². The second-order valence-corrected chi connectivity index (χ2v) is 5.69. The van der Waals surface area contributed by atoms with E-state index in [-0.39, 0.29) is 5.82 Å². The summed E-state index contributed by atoms with van der Waals surface area (Å²) in [4.78, 5) is 31.6. The summed E-state index contributed by atoms with van der Waals surface area (Å²) in [5, 5.41) is 30.5. The summed E-state index contributed by atoms with van der Waals surface area (Å²) in [6.45, 7) is -0.657. The summed E-state index contributed by atoms with van der Waals surface area (Å²) in [7, 11) is -4.75. The van der Waals surface area contributed by atoms with Crippen molar-refractivity contribution in [2.24, 2.45) is 0 Å². The number of imidazole rings is 1. The van der Waals surface area contributed by atoms with E-state index in [0.717, 1.165) is 17.1 Å². The summed E-state index contributed by atoms with van der Waals surface area (Å²) < 4.78 is 21.3. The van der Waals surface area contributed by atoms with Crippen molar-refractivity contribution in [3.05, 3.63) is 12.5 Å². The molecule has 6 N–H and O–H groups in total. The minimum absolute atomic E-state index is 0.0136. The molecule has 1 fully saturated rings. The molecule has 1 unspecified atom stereocenters. The van der Waals surface area contributed by atoms with Gasteiger partial charge >= 0.3 is 13.9 Å². The van der Waals surface area contributed by atoms with Crippen molar-refractivity contribution in [2.75, 3.05) is 11.9 Å². The van der Waals surface area contributed by atoms with Gasteiger partial charge in [0.05, 0.1) is 19.1 Å². The van der Waals surface area contributed by atoms with E-state index in [4.69, 9.17) is 19.6 Å². The molecule has 0 aromatic carbocycles. The molecule has 0 spiro atoms. The highest BCUT2D eigenvalue weighted by atomic mass is 31.2. The van der Waals surface area contributed by atoms with Gasteiger partial charge in [0.25, 0.3) is 0 Å². The number of aromatic nitrogens is 2. The van der Waals surface area contributed by atoms with Crippen LogP contribution in [0.25, 0.3) is 0 Å². The van der Waals surface area contributed by atoms with Crippen LogP contribution in [0.2, 0.25) is 0 Å². The number of rotatable bonds is 5. The maximum absolute atomic E-state index is 10.6. The summed E-state index contributed by atoms with van der Waals surface area (Å²) in [6.07, 6.45) is -4.42. The molecule has 0 bridgehead atoms. The van der Waals surface area contributed by atoms with E-state index in [0.29, 0.717) is 0 Å². The van der Waals surface area contributed by atoms with Gasteiger partial charge in [-0.05, 0) is 0 Å². The van der Waals surface area contributed by atoms with Crippen LogP contribution in [0.15, 0.2) is 12.5 Å². The zero-order valence-corrected chi connectivity index (χ0v) is 11.8. The van der Waals surface area contributed by atoms with Crippen LogP contribution in [0.5, 0.6) is 0 Å². The molecule has 1 aliphatic heterocycles. The van der Waals surface area contributed by atoms with Crippen molar-refractivity contribution in [3.8, 4) is 0 Å². The molecule has 13 heteroatoms. The normalized spacial score (nSPS) is 28.7. The van der Waals surface area contributed by atoms with Gasteiger partial charge in [0.15, 0.2) is 6.23 Å². The van der Waals surface area contributed by atoms with Crippen LogP contribution in [0.1, 0.15) is 6.23 Å². The number of carboxylic acid groups (broad SMARTS) is 1. The standard InChI is InChI=1S/C9H14N3O9P/c13-6-4(2-20-22(17,18)19)21-8(7(6)14)12-3-10-1-5(12)11-9(15)16/h1,3-4,6-8,11,13-14H,2H2,(H,15,16)(H2,17,18,19)/t4-,6-,7-,8?/m1/s1. The van der Waals surface area contributed by atoms with Gasteiger partial charge in [-0.3, -0.25) is 14.4 Å². The van der Waals surface area contributed by atoms with Crippen LogP contribution in [-0.2, 0) is 13.8 Å². The number of amides is 1. The first kappa shape index (κ1) is 16.8. The Balaban J connectivity index is 2.11. The van der Waals surface area contributed by atoms with Gasteiger partial charge in [0, 0.05) is 0 Å². The SMILES string of the molecule is O=C(O)Nc1cncn1C1O[C@H](COP(=O)(O)O)[C@@H](O)[C@H]1O. The van der Waals surface area contributed by atoms with Crippen molar-refractivity contribution in [1.82, 2.24) is 9.55 Å². The Morgan fingerprint density at radius 1 is 1.45 bits per heavy atom. The molecule has 22 heavy (non-hydrogen) atoms. The van der Waals surface area contributed by atoms with Crippen molar-refractivity contribution in [1.29, 1.82) is 0 Å². The average Bonchev–Trinajstić information content (AvgIpc) is 2.93. The Bertz CT molecular complexity index is 587. The molecule has 4 atom stereocenters.